The van der Waals surface area contributed by atoms with Gasteiger partial charge < -0.3 is 30.2 Å². The fourth-order valence-electron chi connectivity index (χ4n) is 2.47. The fourth-order valence-corrected chi connectivity index (χ4v) is 2.47. The molecule has 1 rings (SSSR count). The lowest BCUT2D eigenvalue weighted by Gasteiger charge is -2.24. The fraction of sp³-hybridized carbons (Fsp3) is 0.565. The molecule has 0 saturated heterocycles. The first-order valence-corrected chi connectivity index (χ1v) is 10.7. The molecule has 0 bridgehead atoms. The van der Waals surface area contributed by atoms with E-state index in [1.54, 1.807) is 41.5 Å². The summed E-state index contributed by atoms with van der Waals surface area (Å²) in [5.41, 5.74) is -0.625. The van der Waals surface area contributed by atoms with Crippen LogP contribution in [0.3, 0.4) is 0 Å². The highest BCUT2D eigenvalue weighted by atomic mass is 16.6. The topological polar surface area (TPSA) is 132 Å². The van der Waals surface area contributed by atoms with Crippen LogP contribution in [-0.4, -0.2) is 54.4 Å². The van der Waals surface area contributed by atoms with Crippen LogP contribution in [0.15, 0.2) is 30.3 Å². The molecule has 1 aromatic carbocycles. The summed E-state index contributed by atoms with van der Waals surface area (Å²) in [4.78, 5) is 48.5. The molecular formula is C23H35N3O7. The number of carbonyl (C=O) groups is 4. The monoisotopic (exact) mass is 465 g/mol. The lowest BCUT2D eigenvalue weighted by molar-refractivity contribution is -0.154. The number of alkyl carbamates (subject to hydrolysis) is 2. The van der Waals surface area contributed by atoms with Crippen LogP contribution >= 0.6 is 0 Å². The van der Waals surface area contributed by atoms with Gasteiger partial charge in [-0.3, -0.25) is 9.59 Å². The van der Waals surface area contributed by atoms with E-state index in [1.165, 1.54) is 0 Å². The number of hydrogen-bond acceptors (Lipinski definition) is 7. The summed E-state index contributed by atoms with van der Waals surface area (Å²) >= 11 is 0. The number of amides is 3. The lowest BCUT2D eigenvalue weighted by Crippen LogP contribution is -2.50. The number of esters is 1. The average Bonchev–Trinajstić information content (AvgIpc) is 2.68. The van der Waals surface area contributed by atoms with Crippen molar-refractivity contribution in [3.63, 3.8) is 0 Å². The first kappa shape index (κ1) is 27.7. The van der Waals surface area contributed by atoms with Crippen LogP contribution < -0.4 is 16.0 Å². The molecule has 1 aromatic rings. The third kappa shape index (κ3) is 13.7. The van der Waals surface area contributed by atoms with E-state index in [-0.39, 0.29) is 26.1 Å². The predicted octanol–water partition coefficient (Wildman–Crippen LogP) is 2.65. The second-order valence-corrected chi connectivity index (χ2v) is 9.28. The Bertz CT molecular complexity index is 799. The van der Waals surface area contributed by atoms with Crippen molar-refractivity contribution < 1.29 is 33.4 Å². The Labute approximate surface area is 194 Å². The standard InChI is InChI=1S/C23H35N3O7/c1-22(2,3)32-18(27)14-25-19(28)17(26-21(30)33-23(4,5)6)12-13-24-20(29)31-15-16-10-8-7-9-11-16/h7-11,17H,12-15H2,1-6H3,(H,24,29)(H,25,28)(H,26,30)/t17-/m0/s1. The van der Waals surface area contributed by atoms with E-state index in [2.05, 4.69) is 16.0 Å². The summed E-state index contributed by atoms with van der Waals surface area (Å²) in [5.74, 6) is -1.24. The SMILES string of the molecule is CC(C)(C)OC(=O)CNC(=O)[C@H](CCNC(=O)OCc1ccccc1)NC(=O)OC(C)(C)C. The van der Waals surface area contributed by atoms with Crippen LogP contribution in [0.2, 0.25) is 0 Å². The van der Waals surface area contributed by atoms with Gasteiger partial charge in [0.25, 0.3) is 0 Å². The van der Waals surface area contributed by atoms with E-state index in [4.69, 9.17) is 14.2 Å². The van der Waals surface area contributed by atoms with Crippen molar-refractivity contribution >= 4 is 24.1 Å². The Kier molecular flexibility index (Phi) is 10.6. The Hall–Kier alpha value is -3.30. The van der Waals surface area contributed by atoms with Gasteiger partial charge in [0.2, 0.25) is 5.91 Å². The molecular weight excluding hydrogens is 430 g/mol. The van der Waals surface area contributed by atoms with Crippen molar-refractivity contribution in [2.75, 3.05) is 13.1 Å². The van der Waals surface area contributed by atoms with Gasteiger partial charge in [0.15, 0.2) is 0 Å². The van der Waals surface area contributed by atoms with Crippen LogP contribution in [0.25, 0.3) is 0 Å². The molecule has 10 nitrogen and oxygen atoms in total. The average molecular weight is 466 g/mol. The van der Waals surface area contributed by atoms with E-state index < -0.39 is 41.3 Å². The molecule has 0 radical (unpaired) electrons. The smallest absolute Gasteiger partial charge is 0.408 e. The Morgan fingerprint density at radius 1 is 0.848 bits per heavy atom. The highest BCUT2D eigenvalue weighted by Gasteiger charge is 2.25. The summed E-state index contributed by atoms with van der Waals surface area (Å²) in [6.45, 7) is 9.97. The first-order chi connectivity index (χ1) is 15.2. The second kappa shape index (κ2) is 12.7. The van der Waals surface area contributed by atoms with Crippen molar-refractivity contribution in [2.24, 2.45) is 0 Å². The molecule has 0 aliphatic carbocycles. The van der Waals surface area contributed by atoms with Crippen molar-refractivity contribution in [1.29, 1.82) is 0 Å². The van der Waals surface area contributed by atoms with Crippen molar-refractivity contribution in [3.05, 3.63) is 35.9 Å². The molecule has 0 saturated carbocycles. The van der Waals surface area contributed by atoms with Gasteiger partial charge in [-0.1, -0.05) is 30.3 Å². The third-order valence-electron chi connectivity index (χ3n) is 3.75. The minimum atomic E-state index is -1.06. The maximum atomic E-state index is 12.6. The van der Waals surface area contributed by atoms with Gasteiger partial charge in [-0.05, 0) is 53.5 Å². The van der Waals surface area contributed by atoms with Gasteiger partial charge in [0.05, 0.1) is 0 Å². The van der Waals surface area contributed by atoms with Crippen LogP contribution in [0.5, 0.6) is 0 Å². The summed E-state index contributed by atoms with van der Waals surface area (Å²) in [7, 11) is 0. The third-order valence-corrected chi connectivity index (χ3v) is 3.75. The number of rotatable bonds is 9. The molecule has 0 spiro atoms. The molecule has 1 atom stereocenters. The van der Waals surface area contributed by atoms with Crippen molar-refractivity contribution in [2.45, 2.75) is 71.8 Å². The van der Waals surface area contributed by atoms with Crippen LogP contribution in [0.4, 0.5) is 9.59 Å². The van der Waals surface area contributed by atoms with Crippen molar-refractivity contribution in [3.8, 4) is 0 Å². The molecule has 0 heterocycles. The second-order valence-electron chi connectivity index (χ2n) is 9.28. The van der Waals surface area contributed by atoms with E-state index in [1.807, 2.05) is 30.3 Å². The number of benzene rings is 1. The Morgan fingerprint density at radius 3 is 2.03 bits per heavy atom. The van der Waals surface area contributed by atoms with E-state index >= 15 is 0 Å². The number of hydrogen-bond donors (Lipinski definition) is 3. The van der Waals surface area contributed by atoms with Gasteiger partial charge in [0.1, 0.15) is 30.4 Å². The summed E-state index contributed by atoms with van der Waals surface area (Å²) in [5, 5.41) is 7.42. The highest BCUT2D eigenvalue weighted by molar-refractivity contribution is 5.88. The van der Waals surface area contributed by atoms with Crippen LogP contribution in [-0.2, 0) is 30.4 Å². The highest BCUT2D eigenvalue weighted by Crippen LogP contribution is 2.08. The zero-order valence-electron chi connectivity index (χ0n) is 20.2. The van der Waals surface area contributed by atoms with Crippen LogP contribution in [0, 0.1) is 0 Å². The molecule has 3 N–H and O–H groups in total. The maximum absolute atomic E-state index is 12.6. The zero-order valence-corrected chi connectivity index (χ0v) is 20.2. The number of nitrogens with one attached hydrogen (secondary N) is 3. The lowest BCUT2D eigenvalue weighted by atomic mass is 10.2. The quantitative estimate of drug-likeness (QED) is 0.377. The molecule has 33 heavy (non-hydrogen) atoms. The van der Waals surface area contributed by atoms with Gasteiger partial charge in [-0.2, -0.15) is 0 Å². The molecule has 3 amide bonds. The molecule has 0 aliphatic rings. The van der Waals surface area contributed by atoms with Gasteiger partial charge in [0, 0.05) is 6.54 Å². The van der Waals surface area contributed by atoms with Gasteiger partial charge in [-0.25, -0.2) is 9.59 Å². The Balaban J connectivity index is 2.59. The van der Waals surface area contributed by atoms with Crippen molar-refractivity contribution in [1.82, 2.24) is 16.0 Å². The minimum Gasteiger partial charge on any atom is -0.459 e. The van der Waals surface area contributed by atoms with Crippen LogP contribution in [0.1, 0.15) is 53.5 Å². The van der Waals surface area contributed by atoms with Gasteiger partial charge >= 0.3 is 18.2 Å². The predicted molar refractivity (Wildman–Crippen MR) is 121 cm³/mol. The summed E-state index contributed by atoms with van der Waals surface area (Å²) in [6, 6.07) is 8.11. The number of ether oxygens (including phenoxy) is 3. The van der Waals surface area contributed by atoms with E-state index in [0.717, 1.165) is 5.56 Å². The molecule has 0 aliphatic heterocycles. The molecule has 0 aromatic heterocycles. The maximum Gasteiger partial charge on any atom is 0.408 e. The van der Waals surface area contributed by atoms with E-state index in [9.17, 15) is 19.2 Å². The largest absolute Gasteiger partial charge is 0.459 e. The minimum absolute atomic E-state index is 0.0357. The van der Waals surface area contributed by atoms with E-state index in [0.29, 0.717) is 0 Å². The van der Waals surface area contributed by atoms with Gasteiger partial charge in [-0.15, -0.1) is 0 Å². The normalized spacial score (nSPS) is 12.2. The summed E-state index contributed by atoms with van der Waals surface area (Å²) in [6.07, 6.45) is -1.42. The summed E-state index contributed by atoms with van der Waals surface area (Å²) < 4.78 is 15.5. The molecule has 10 heteroatoms. The zero-order chi connectivity index (χ0) is 25.1. The number of carbonyl (C=O) groups excluding carboxylic acids is 4. The molecule has 0 fully saturated rings. The Morgan fingerprint density at radius 2 is 1.45 bits per heavy atom. The molecule has 184 valence electrons. The first-order valence-electron chi connectivity index (χ1n) is 10.7. The molecule has 0 unspecified atom stereocenters.